The molecule has 0 saturated heterocycles. The maximum atomic E-state index is 10.8. The number of carbonyl (C=O) groups excluding carboxylic acids is 3. The highest BCUT2D eigenvalue weighted by Gasteiger charge is 2.11. The van der Waals surface area contributed by atoms with E-state index in [1.165, 1.54) is 6.92 Å². The van der Waals surface area contributed by atoms with E-state index in [0.717, 1.165) is 6.92 Å². The lowest BCUT2D eigenvalue weighted by atomic mass is 10.3. The molecule has 0 unspecified atom stereocenters. The molecule has 13 heavy (non-hydrogen) atoms. The van der Waals surface area contributed by atoms with Gasteiger partial charge in [-0.25, -0.2) is 4.79 Å². The molecule has 0 aromatic carbocycles. The molecule has 0 aliphatic carbocycles. The lowest BCUT2D eigenvalue weighted by molar-refractivity contribution is -0.155. The molecule has 0 spiro atoms. The van der Waals surface area contributed by atoms with Crippen LogP contribution in [0.2, 0.25) is 0 Å². The molecule has 5 heteroatoms. The predicted octanol–water partition coefficient (Wildman–Crippen LogP) is 0.195. The Hall–Kier alpha value is -1.65. The second-order valence-corrected chi connectivity index (χ2v) is 2.26. The van der Waals surface area contributed by atoms with E-state index in [9.17, 15) is 14.4 Å². The molecule has 0 amide bonds. The zero-order valence-electron chi connectivity index (χ0n) is 7.46. The summed E-state index contributed by atoms with van der Waals surface area (Å²) in [7, 11) is 0. The molecule has 0 aliphatic rings. The van der Waals surface area contributed by atoms with Gasteiger partial charge in [-0.1, -0.05) is 6.58 Å². The van der Waals surface area contributed by atoms with Crippen LogP contribution in [-0.2, 0) is 23.9 Å². The van der Waals surface area contributed by atoms with Crippen molar-refractivity contribution in [2.24, 2.45) is 0 Å². The van der Waals surface area contributed by atoms with E-state index in [2.05, 4.69) is 16.1 Å². The monoisotopic (exact) mass is 186 g/mol. The number of esters is 3. The molecule has 0 saturated carbocycles. The van der Waals surface area contributed by atoms with Gasteiger partial charge >= 0.3 is 17.9 Å². The summed E-state index contributed by atoms with van der Waals surface area (Å²) in [4.78, 5) is 31.4. The predicted molar refractivity (Wildman–Crippen MR) is 42.5 cm³/mol. The average Bonchev–Trinajstić information content (AvgIpc) is 1.98. The smallest absolute Gasteiger partial charge is 0.344 e. The number of hydrogen-bond donors (Lipinski definition) is 0. The van der Waals surface area contributed by atoms with Crippen LogP contribution in [0.4, 0.5) is 0 Å². The first-order valence-electron chi connectivity index (χ1n) is 3.47. The first kappa shape index (κ1) is 11.4. The van der Waals surface area contributed by atoms with Gasteiger partial charge in [0.25, 0.3) is 0 Å². The second-order valence-electron chi connectivity index (χ2n) is 2.26. The molecule has 5 nitrogen and oxygen atoms in total. The average molecular weight is 186 g/mol. The van der Waals surface area contributed by atoms with Crippen LogP contribution in [0.25, 0.3) is 0 Å². The SMILES string of the molecule is C=C(COC(C)=O)C(=O)OC(C)=O. The molecule has 0 aromatic heterocycles. The summed E-state index contributed by atoms with van der Waals surface area (Å²) in [5.41, 5.74) is -0.0783. The van der Waals surface area contributed by atoms with Gasteiger partial charge in [0.05, 0.1) is 5.57 Å². The molecule has 0 bridgehead atoms. The highest BCUT2D eigenvalue weighted by Crippen LogP contribution is 1.96. The summed E-state index contributed by atoms with van der Waals surface area (Å²) in [6.45, 7) is 5.31. The summed E-state index contributed by atoms with van der Waals surface area (Å²) >= 11 is 0. The number of carbonyl (C=O) groups is 3. The van der Waals surface area contributed by atoms with Crippen LogP contribution in [-0.4, -0.2) is 24.5 Å². The van der Waals surface area contributed by atoms with Crippen molar-refractivity contribution >= 4 is 17.9 Å². The highest BCUT2D eigenvalue weighted by atomic mass is 16.6. The summed E-state index contributed by atoms with van der Waals surface area (Å²) < 4.78 is 8.63. The fraction of sp³-hybridized carbons (Fsp3) is 0.375. The van der Waals surface area contributed by atoms with E-state index in [1.54, 1.807) is 0 Å². The van der Waals surface area contributed by atoms with E-state index < -0.39 is 17.9 Å². The lowest BCUT2D eigenvalue weighted by Gasteiger charge is -2.03. The molecular weight excluding hydrogens is 176 g/mol. The van der Waals surface area contributed by atoms with Crippen LogP contribution in [0.15, 0.2) is 12.2 Å². The normalized spacial score (nSPS) is 8.77. The maximum absolute atomic E-state index is 10.8. The van der Waals surface area contributed by atoms with E-state index in [-0.39, 0.29) is 12.2 Å². The molecular formula is C8H10O5. The zero-order chi connectivity index (χ0) is 10.4. The van der Waals surface area contributed by atoms with Gasteiger partial charge in [0.15, 0.2) is 0 Å². The van der Waals surface area contributed by atoms with Crippen LogP contribution in [0.5, 0.6) is 0 Å². The van der Waals surface area contributed by atoms with Crippen molar-refractivity contribution in [3.63, 3.8) is 0 Å². The molecule has 0 N–H and O–H groups in total. The van der Waals surface area contributed by atoms with Crippen molar-refractivity contribution in [2.75, 3.05) is 6.61 Å². The second kappa shape index (κ2) is 5.08. The molecule has 0 radical (unpaired) electrons. The Kier molecular flexibility index (Phi) is 4.43. The summed E-state index contributed by atoms with van der Waals surface area (Å²) in [5.74, 6) is -2.14. The van der Waals surface area contributed by atoms with E-state index in [0.29, 0.717) is 0 Å². The van der Waals surface area contributed by atoms with Crippen LogP contribution >= 0.6 is 0 Å². The van der Waals surface area contributed by atoms with Crippen molar-refractivity contribution < 1.29 is 23.9 Å². The quantitative estimate of drug-likeness (QED) is 0.357. The first-order valence-corrected chi connectivity index (χ1v) is 3.47. The Morgan fingerprint density at radius 3 is 2.08 bits per heavy atom. The Labute approximate surface area is 75.3 Å². The van der Waals surface area contributed by atoms with Gasteiger partial charge < -0.3 is 9.47 Å². The topological polar surface area (TPSA) is 69.7 Å². The molecule has 0 atom stereocenters. The van der Waals surface area contributed by atoms with Gasteiger partial charge in [-0.3, -0.25) is 9.59 Å². The fourth-order valence-electron chi connectivity index (χ4n) is 0.450. The van der Waals surface area contributed by atoms with Crippen molar-refractivity contribution in [1.82, 2.24) is 0 Å². The largest absolute Gasteiger partial charge is 0.461 e. The van der Waals surface area contributed by atoms with Crippen LogP contribution < -0.4 is 0 Å². The van der Waals surface area contributed by atoms with E-state index in [1.807, 2.05) is 0 Å². The van der Waals surface area contributed by atoms with Crippen molar-refractivity contribution in [3.8, 4) is 0 Å². The highest BCUT2D eigenvalue weighted by molar-refractivity contribution is 5.95. The minimum atomic E-state index is -0.881. The van der Waals surface area contributed by atoms with Gasteiger partial charge in [-0.2, -0.15) is 0 Å². The summed E-state index contributed by atoms with van der Waals surface area (Å²) in [5, 5.41) is 0. The molecule has 0 aliphatic heterocycles. The molecule has 0 rings (SSSR count). The molecule has 0 fully saturated rings. The van der Waals surface area contributed by atoms with Crippen LogP contribution in [0.3, 0.4) is 0 Å². The maximum Gasteiger partial charge on any atom is 0.344 e. The lowest BCUT2D eigenvalue weighted by Crippen LogP contribution is -2.15. The van der Waals surface area contributed by atoms with Crippen LogP contribution in [0.1, 0.15) is 13.8 Å². The van der Waals surface area contributed by atoms with E-state index >= 15 is 0 Å². The third-order valence-electron chi connectivity index (χ3n) is 0.975. The minimum Gasteiger partial charge on any atom is -0.461 e. The first-order chi connectivity index (χ1) is 5.93. The van der Waals surface area contributed by atoms with E-state index in [4.69, 9.17) is 0 Å². The number of hydrogen-bond acceptors (Lipinski definition) is 5. The standard InChI is InChI=1S/C8H10O5/c1-5(4-12-6(2)9)8(11)13-7(3)10/h1,4H2,2-3H3. The Balaban J connectivity index is 3.90. The molecule has 0 aromatic rings. The van der Waals surface area contributed by atoms with Crippen molar-refractivity contribution in [1.29, 1.82) is 0 Å². The summed E-state index contributed by atoms with van der Waals surface area (Å²) in [6, 6.07) is 0. The Morgan fingerprint density at radius 1 is 1.15 bits per heavy atom. The van der Waals surface area contributed by atoms with Gasteiger partial charge in [0.1, 0.15) is 6.61 Å². The number of rotatable bonds is 3. The molecule has 72 valence electrons. The number of ether oxygens (including phenoxy) is 2. The van der Waals surface area contributed by atoms with Crippen molar-refractivity contribution in [2.45, 2.75) is 13.8 Å². The van der Waals surface area contributed by atoms with Gasteiger partial charge in [-0.15, -0.1) is 0 Å². The Morgan fingerprint density at radius 2 is 1.69 bits per heavy atom. The van der Waals surface area contributed by atoms with Gasteiger partial charge in [0.2, 0.25) is 0 Å². The van der Waals surface area contributed by atoms with Gasteiger partial charge in [0, 0.05) is 13.8 Å². The molecule has 0 heterocycles. The van der Waals surface area contributed by atoms with Crippen molar-refractivity contribution in [3.05, 3.63) is 12.2 Å². The fourth-order valence-corrected chi connectivity index (χ4v) is 0.450. The van der Waals surface area contributed by atoms with Gasteiger partial charge in [-0.05, 0) is 0 Å². The zero-order valence-corrected chi connectivity index (χ0v) is 7.46. The Bertz CT molecular complexity index is 253. The minimum absolute atomic E-state index is 0.0783. The third kappa shape index (κ3) is 5.60. The summed E-state index contributed by atoms with van der Waals surface area (Å²) in [6.07, 6.45) is 0. The van der Waals surface area contributed by atoms with Crippen LogP contribution in [0, 0.1) is 0 Å². The third-order valence-corrected chi connectivity index (χ3v) is 0.975.